The molecule has 302 valence electrons. The van der Waals surface area contributed by atoms with Crippen LogP contribution in [-0.2, 0) is 41.7 Å². The largest absolute Gasteiger partial charge is 0.469 e. The van der Waals surface area contributed by atoms with Gasteiger partial charge in [0.15, 0.2) is 0 Å². The number of aromatic nitrogens is 6. The van der Waals surface area contributed by atoms with E-state index in [1.807, 2.05) is 60.7 Å². The second-order valence-electron chi connectivity index (χ2n) is 17.7. The molecule has 57 heavy (non-hydrogen) atoms. The van der Waals surface area contributed by atoms with Gasteiger partial charge in [0, 0.05) is 23.0 Å². The molecular weight excluding hydrogens is 721 g/mol. The lowest BCUT2D eigenvalue weighted by Crippen LogP contribution is -2.59. The first-order valence-electron chi connectivity index (χ1n) is 20.9. The number of hydrogen-bond acceptors (Lipinski definition) is 10. The Labute approximate surface area is 335 Å². The fourth-order valence-corrected chi connectivity index (χ4v) is 12.0. The molecule has 10 atom stereocenters. The summed E-state index contributed by atoms with van der Waals surface area (Å²) in [7, 11) is 1.45. The summed E-state index contributed by atoms with van der Waals surface area (Å²) in [6.07, 6.45) is 12.1. The van der Waals surface area contributed by atoms with Crippen molar-refractivity contribution >= 4 is 17.9 Å². The van der Waals surface area contributed by atoms with Gasteiger partial charge in [0.2, 0.25) is 0 Å². The minimum Gasteiger partial charge on any atom is -0.469 e. The lowest BCUT2D eigenvalue weighted by Gasteiger charge is -2.62. The topological polar surface area (TPSA) is 140 Å². The fourth-order valence-electron chi connectivity index (χ4n) is 12.0. The zero-order valence-corrected chi connectivity index (χ0v) is 33.7. The van der Waals surface area contributed by atoms with Crippen LogP contribution in [-0.4, -0.2) is 67.2 Å². The molecule has 0 radical (unpaired) electrons. The Kier molecular flexibility index (Phi) is 11.1. The van der Waals surface area contributed by atoms with Gasteiger partial charge in [0.1, 0.15) is 36.7 Å². The van der Waals surface area contributed by atoms with E-state index < -0.39 is 0 Å². The molecule has 12 nitrogen and oxygen atoms in total. The number of esters is 3. The maximum Gasteiger partial charge on any atom is 0.328 e. The van der Waals surface area contributed by atoms with Crippen molar-refractivity contribution in [3.63, 3.8) is 0 Å². The fraction of sp³-hybridized carbons (Fsp3) is 0.578. The van der Waals surface area contributed by atoms with Gasteiger partial charge in [-0.2, -0.15) is 0 Å². The number of rotatable bonds is 12. The number of nitrogens with zero attached hydrogens (tertiary/aromatic N) is 6. The Hall–Kier alpha value is -4.87. The third kappa shape index (κ3) is 7.76. The lowest BCUT2D eigenvalue weighted by molar-refractivity contribution is -0.200. The maximum atomic E-state index is 13.9. The van der Waals surface area contributed by atoms with Crippen molar-refractivity contribution in [2.24, 2.45) is 46.3 Å². The van der Waals surface area contributed by atoms with Crippen molar-refractivity contribution < 1.29 is 28.6 Å². The summed E-state index contributed by atoms with van der Waals surface area (Å²) in [6.45, 7) is 7.11. The zero-order chi connectivity index (χ0) is 39.7. The predicted molar refractivity (Wildman–Crippen MR) is 212 cm³/mol. The van der Waals surface area contributed by atoms with Crippen molar-refractivity contribution in [1.82, 2.24) is 30.0 Å². The number of carbonyl (C=O) groups is 3. The van der Waals surface area contributed by atoms with Crippen LogP contribution >= 0.6 is 0 Å². The van der Waals surface area contributed by atoms with Crippen molar-refractivity contribution in [3.05, 3.63) is 73.1 Å². The molecule has 0 aliphatic heterocycles. The molecule has 2 aromatic carbocycles. The Morgan fingerprint density at radius 1 is 0.754 bits per heavy atom. The Morgan fingerprint density at radius 3 is 1.98 bits per heavy atom. The van der Waals surface area contributed by atoms with E-state index in [-0.39, 0.29) is 60.0 Å². The van der Waals surface area contributed by atoms with E-state index in [1.54, 1.807) is 21.8 Å². The van der Waals surface area contributed by atoms with Gasteiger partial charge in [-0.3, -0.25) is 14.4 Å². The first-order valence-corrected chi connectivity index (χ1v) is 20.9. The Balaban J connectivity index is 0.970. The second kappa shape index (κ2) is 16.2. The molecule has 0 amide bonds. The van der Waals surface area contributed by atoms with Crippen LogP contribution in [0.1, 0.15) is 85.0 Å². The van der Waals surface area contributed by atoms with Crippen LogP contribution < -0.4 is 0 Å². The summed E-state index contributed by atoms with van der Waals surface area (Å²) >= 11 is 0. The van der Waals surface area contributed by atoms with Crippen LogP contribution in [0.5, 0.6) is 0 Å². The summed E-state index contributed by atoms with van der Waals surface area (Å²) in [5.74, 6) is 1.55. The normalized spacial score (nSPS) is 31.0. The molecule has 0 N–H and O–H groups in total. The number of methoxy groups -OCH3 is 1. The van der Waals surface area contributed by atoms with E-state index >= 15 is 0 Å². The molecule has 0 unspecified atom stereocenters. The van der Waals surface area contributed by atoms with Crippen molar-refractivity contribution in [2.45, 2.75) is 110 Å². The average molecular weight is 777 g/mol. The number of hydrogen-bond donors (Lipinski definition) is 0. The second-order valence-corrected chi connectivity index (χ2v) is 17.7. The molecule has 4 fully saturated rings. The number of ether oxygens (including phenoxy) is 3. The highest BCUT2D eigenvalue weighted by atomic mass is 16.5. The predicted octanol–water partition coefficient (Wildman–Crippen LogP) is 7.59. The average Bonchev–Trinajstić information content (AvgIpc) is 3.97. The SMILES string of the molecule is COC(=O)CC[C@@H](C)[C@H]1CC[C@H]2[C@@H]3CC[C@@H]4C[C@H](OC(=O)Cn5cc(-c6ccccc6)nn5)CC[C@]4(C)[C@H]3C[C@H](OC(=O)Cn3cc(-c4ccccc4)nn3)[C@]12C. The van der Waals surface area contributed by atoms with Crippen LogP contribution in [0, 0.1) is 46.3 Å². The molecule has 0 saturated heterocycles. The van der Waals surface area contributed by atoms with Crippen LogP contribution in [0.25, 0.3) is 22.5 Å². The molecule has 0 bridgehead atoms. The van der Waals surface area contributed by atoms with Gasteiger partial charge in [-0.1, -0.05) is 91.9 Å². The van der Waals surface area contributed by atoms with E-state index in [9.17, 15) is 14.4 Å². The van der Waals surface area contributed by atoms with Crippen molar-refractivity contribution in [2.75, 3.05) is 7.11 Å². The number of carbonyl (C=O) groups excluding carboxylic acids is 3. The van der Waals surface area contributed by atoms with Crippen LogP contribution in [0.4, 0.5) is 0 Å². The quantitative estimate of drug-likeness (QED) is 0.104. The Bertz CT molecular complexity index is 2030. The first kappa shape index (κ1) is 39.0. The number of benzene rings is 2. The summed E-state index contributed by atoms with van der Waals surface area (Å²) in [6, 6.07) is 19.6. The maximum absolute atomic E-state index is 13.9. The first-order chi connectivity index (χ1) is 27.5. The molecule has 4 aliphatic rings. The third-order valence-corrected chi connectivity index (χ3v) is 14.9. The molecule has 2 aromatic heterocycles. The van der Waals surface area contributed by atoms with E-state index in [0.29, 0.717) is 41.7 Å². The summed E-state index contributed by atoms with van der Waals surface area (Å²) < 4.78 is 21.0. The minimum atomic E-state index is -0.299. The molecule has 12 heteroatoms. The van der Waals surface area contributed by atoms with E-state index in [2.05, 4.69) is 41.4 Å². The molecule has 8 rings (SSSR count). The van der Waals surface area contributed by atoms with Crippen molar-refractivity contribution in [3.8, 4) is 22.5 Å². The van der Waals surface area contributed by atoms with Crippen LogP contribution in [0.3, 0.4) is 0 Å². The summed E-state index contributed by atoms with van der Waals surface area (Å²) in [4.78, 5) is 39.3. The van der Waals surface area contributed by atoms with E-state index in [1.165, 1.54) is 7.11 Å². The van der Waals surface area contributed by atoms with E-state index in [0.717, 1.165) is 74.6 Å². The highest BCUT2D eigenvalue weighted by molar-refractivity contribution is 5.70. The van der Waals surface area contributed by atoms with Crippen LogP contribution in [0.15, 0.2) is 73.1 Å². The van der Waals surface area contributed by atoms with Gasteiger partial charge in [-0.15, -0.1) is 10.2 Å². The molecule has 4 saturated carbocycles. The lowest BCUT2D eigenvalue weighted by atomic mass is 9.43. The summed E-state index contributed by atoms with van der Waals surface area (Å²) in [5.41, 5.74) is 3.15. The standard InChI is InChI=1S/C45H56N6O6/c1-29(15-20-41(52)55-4)35-18-19-36-34-17-16-32-23-33(56-42(53)27-50-25-38(46-48-50)30-11-7-5-8-12-30)21-22-44(32,2)37(34)24-40(45(35,36)3)57-43(54)28-51-26-39(47-49-51)31-13-9-6-10-14-31/h5-14,25-26,29,32-37,40H,15-24,27-28H2,1-4H3/t29-,32-,33-,34+,35-,36+,37+,40+,44+,45-/m1/s1. The molecular formula is C45H56N6O6. The van der Waals surface area contributed by atoms with Gasteiger partial charge in [0.05, 0.1) is 19.5 Å². The molecule has 0 spiro atoms. The van der Waals surface area contributed by atoms with E-state index in [4.69, 9.17) is 14.2 Å². The van der Waals surface area contributed by atoms with Gasteiger partial charge in [-0.05, 0) is 98.7 Å². The van der Waals surface area contributed by atoms with Gasteiger partial charge in [-0.25, -0.2) is 9.36 Å². The summed E-state index contributed by atoms with van der Waals surface area (Å²) in [5, 5.41) is 17.0. The van der Waals surface area contributed by atoms with Gasteiger partial charge in [0.25, 0.3) is 0 Å². The smallest absolute Gasteiger partial charge is 0.328 e. The van der Waals surface area contributed by atoms with Crippen LogP contribution in [0.2, 0.25) is 0 Å². The monoisotopic (exact) mass is 776 g/mol. The molecule has 4 aromatic rings. The van der Waals surface area contributed by atoms with Gasteiger partial charge < -0.3 is 14.2 Å². The Morgan fingerprint density at radius 2 is 1.37 bits per heavy atom. The highest BCUT2D eigenvalue weighted by Gasteiger charge is 2.65. The highest BCUT2D eigenvalue weighted by Crippen LogP contribution is 2.69. The van der Waals surface area contributed by atoms with Crippen molar-refractivity contribution in [1.29, 1.82) is 0 Å². The molecule has 2 heterocycles. The number of fused-ring (bicyclic) bond motifs is 5. The third-order valence-electron chi connectivity index (χ3n) is 14.9. The van der Waals surface area contributed by atoms with Gasteiger partial charge >= 0.3 is 17.9 Å². The minimum absolute atomic E-state index is 0.0111. The zero-order valence-electron chi connectivity index (χ0n) is 33.7. The molecule has 4 aliphatic carbocycles.